The van der Waals surface area contributed by atoms with Gasteiger partial charge in [-0.1, -0.05) is 50.1 Å². The summed E-state index contributed by atoms with van der Waals surface area (Å²) < 4.78 is 5.02. The maximum absolute atomic E-state index is 11.7. The molecule has 2 nitrogen and oxygen atoms in total. The Kier molecular flexibility index (Phi) is 6.08. The molecule has 0 aromatic heterocycles. The number of ether oxygens (including phenoxy) is 1. The highest BCUT2D eigenvalue weighted by atomic mass is 16.5. The quantitative estimate of drug-likeness (QED) is 0.546. The van der Waals surface area contributed by atoms with E-state index in [1.807, 2.05) is 31.2 Å². The van der Waals surface area contributed by atoms with Gasteiger partial charge in [-0.05, 0) is 25.0 Å². The number of hydrogen-bond acceptors (Lipinski definition) is 2. The Bertz CT molecular complexity index is 380. The van der Waals surface area contributed by atoms with Crippen LogP contribution in [0.1, 0.15) is 49.0 Å². The van der Waals surface area contributed by atoms with Crippen LogP contribution in [0, 0.1) is 0 Å². The van der Waals surface area contributed by atoms with Crippen molar-refractivity contribution in [2.45, 2.75) is 33.1 Å². The van der Waals surface area contributed by atoms with Gasteiger partial charge in [-0.15, -0.1) is 0 Å². The molecular weight excluding hydrogens is 212 g/mol. The normalized spacial score (nSPS) is 10.7. The maximum Gasteiger partial charge on any atom is 0.338 e. The van der Waals surface area contributed by atoms with Gasteiger partial charge in [0, 0.05) is 0 Å². The van der Waals surface area contributed by atoms with E-state index in [4.69, 9.17) is 4.74 Å². The van der Waals surface area contributed by atoms with E-state index in [0.29, 0.717) is 12.2 Å². The fraction of sp³-hybridized carbons (Fsp3) is 0.400. The molecule has 1 aromatic rings. The molecule has 0 aliphatic rings. The Morgan fingerprint density at radius 3 is 2.76 bits per heavy atom. The third-order valence-corrected chi connectivity index (χ3v) is 2.48. The zero-order chi connectivity index (χ0) is 12.5. The van der Waals surface area contributed by atoms with Crippen molar-refractivity contribution < 1.29 is 9.53 Å². The largest absolute Gasteiger partial charge is 0.462 e. The molecule has 0 unspecified atom stereocenters. The Labute approximate surface area is 103 Å². The van der Waals surface area contributed by atoms with Crippen LogP contribution in [0.15, 0.2) is 30.3 Å². The van der Waals surface area contributed by atoms with E-state index < -0.39 is 0 Å². The molecule has 17 heavy (non-hydrogen) atoms. The highest BCUT2D eigenvalue weighted by molar-refractivity contribution is 5.93. The van der Waals surface area contributed by atoms with Crippen LogP contribution in [0.2, 0.25) is 0 Å². The lowest BCUT2D eigenvalue weighted by atomic mass is 10.1. The van der Waals surface area contributed by atoms with Gasteiger partial charge in [0.15, 0.2) is 0 Å². The molecule has 1 rings (SSSR count). The Morgan fingerprint density at radius 2 is 2.06 bits per heavy atom. The first-order valence-electron chi connectivity index (χ1n) is 6.22. The minimum absolute atomic E-state index is 0.247. The number of carbonyl (C=O) groups excluding carboxylic acids is 1. The minimum atomic E-state index is -0.247. The molecule has 92 valence electrons. The zero-order valence-electron chi connectivity index (χ0n) is 10.6. The van der Waals surface area contributed by atoms with Gasteiger partial charge < -0.3 is 4.74 Å². The predicted octanol–water partition coefficient (Wildman–Crippen LogP) is 4.07. The van der Waals surface area contributed by atoms with Crippen molar-refractivity contribution in [1.29, 1.82) is 0 Å². The summed E-state index contributed by atoms with van der Waals surface area (Å²) in [6.45, 7) is 4.39. The molecular formula is C15H20O2. The van der Waals surface area contributed by atoms with Crippen molar-refractivity contribution in [2.75, 3.05) is 6.61 Å². The molecule has 0 amide bonds. The summed E-state index contributed by atoms with van der Waals surface area (Å²) in [6, 6.07) is 7.53. The fourth-order valence-corrected chi connectivity index (χ4v) is 1.57. The van der Waals surface area contributed by atoms with Crippen molar-refractivity contribution in [2.24, 2.45) is 0 Å². The highest BCUT2D eigenvalue weighted by Crippen LogP contribution is 2.13. The van der Waals surface area contributed by atoms with Gasteiger partial charge in [0.25, 0.3) is 0 Å². The van der Waals surface area contributed by atoms with Crippen LogP contribution in [0.25, 0.3) is 6.08 Å². The van der Waals surface area contributed by atoms with Crippen LogP contribution in [-0.4, -0.2) is 12.6 Å². The summed E-state index contributed by atoms with van der Waals surface area (Å²) >= 11 is 0. The molecule has 2 heteroatoms. The van der Waals surface area contributed by atoms with Crippen LogP contribution in [0.5, 0.6) is 0 Å². The first kappa shape index (κ1) is 13.5. The topological polar surface area (TPSA) is 26.3 Å². The molecule has 0 bridgehead atoms. The molecule has 0 heterocycles. The van der Waals surface area contributed by atoms with Gasteiger partial charge in [-0.2, -0.15) is 0 Å². The smallest absolute Gasteiger partial charge is 0.338 e. The molecule has 0 N–H and O–H groups in total. The number of unbranched alkanes of at least 4 members (excludes halogenated alkanes) is 2. The lowest BCUT2D eigenvalue weighted by Crippen LogP contribution is -2.06. The van der Waals surface area contributed by atoms with E-state index >= 15 is 0 Å². The second-order valence-corrected chi connectivity index (χ2v) is 3.85. The monoisotopic (exact) mass is 232 g/mol. The van der Waals surface area contributed by atoms with Gasteiger partial charge in [0.05, 0.1) is 12.2 Å². The third-order valence-electron chi connectivity index (χ3n) is 2.48. The Morgan fingerprint density at radius 1 is 1.29 bits per heavy atom. The lowest BCUT2D eigenvalue weighted by Gasteiger charge is -2.05. The molecule has 0 aliphatic carbocycles. The number of hydrogen-bond donors (Lipinski definition) is 0. The first-order chi connectivity index (χ1) is 8.29. The molecule has 0 fully saturated rings. The van der Waals surface area contributed by atoms with Crippen LogP contribution in [0.4, 0.5) is 0 Å². The van der Waals surface area contributed by atoms with E-state index in [-0.39, 0.29) is 5.97 Å². The van der Waals surface area contributed by atoms with Crippen molar-refractivity contribution in [1.82, 2.24) is 0 Å². The summed E-state index contributed by atoms with van der Waals surface area (Å²) in [5.74, 6) is -0.247. The molecule has 0 radical (unpaired) electrons. The Balaban J connectivity index is 2.77. The van der Waals surface area contributed by atoms with E-state index in [9.17, 15) is 4.79 Å². The van der Waals surface area contributed by atoms with Crippen molar-refractivity contribution >= 4 is 12.0 Å². The Hall–Kier alpha value is -1.57. The lowest BCUT2D eigenvalue weighted by molar-refractivity contribution is 0.0526. The van der Waals surface area contributed by atoms with E-state index in [1.54, 1.807) is 6.07 Å². The van der Waals surface area contributed by atoms with Gasteiger partial charge in [0.1, 0.15) is 0 Å². The number of allylic oxidation sites excluding steroid dienone is 1. The summed E-state index contributed by atoms with van der Waals surface area (Å²) in [4.78, 5) is 11.7. The molecule has 1 aromatic carbocycles. The second kappa shape index (κ2) is 7.66. The van der Waals surface area contributed by atoms with E-state index in [0.717, 1.165) is 12.0 Å². The van der Waals surface area contributed by atoms with Crippen LogP contribution in [-0.2, 0) is 4.74 Å². The van der Waals surface area contributed by atoms with Gasteiger partial charge in [-0.3, -0.25) is 0 Å². The summed E-state index contributed by atoms with van der Waals surface area (Å²) in [5.41, 5.74) is 1.57. The summed E-state index contributed by atoms with van der Waals surface area (Å²) in [5, 5.41) is 0. The fourth-order valence-electron chi connectivity index (χ4n) is 1.57. The van der Waals surface area contributed by atoms with E-state index in [2.05, 4.69) is 13.0 Å². The van der Waals surface area contributed by atoms with Crippen molar-refractivity contribution in [3.05, 3.63) is 41.5 Å². The number of benzene rings is 1. The average Bonchev–Trinajstić information content (AvgIpc) is 2.35. The summed E-state index contributed by atoms with van der Waals surface area (Å²) in [6.07, 6.45) is 7.53. The van der Waals surface area contributed by atoms with Crippen LogP contribution >= 0.6 is 0 Å². The third kappa shape index (κ3) is 4.43. The predicted molar refractivity (Wildman–Crippen MR) is 71.0 cm³/mol. The molecule has 0 spiro atoms. The highest BCUT2D eigenvalue weighted by Gasteiger charge is 2.09. The molecule has 0 aliphatic heterocycles. The van der Waals surface area contributed by atoms with Crippen LogP contribution < -0.4 is 0 Å². The van der Waals surface area contributed by atoms with Crippen molar-refractivity contribution in [3.63, 3.8) is 0 Å². The molecule has 0 saturated heterocycles. The van der Waals surface area contributed by atoms with Gasteiger partial charge in [-0.25, -0.2) is 4.79 Å². The zero-order valence-corrected chi connectivity index (χ0v) is 10.6. The SMILES string of the molecule is CCCC/C=C/c1ccccc1C(=O)OCC. The number of carbonyl (C=O) groups is 1. The second-order valence-electron chi connectivity index (χ2n) is 3.85. The number of esters is 1. The molecule has 0 atom stereocenters. The minimum Gasteiger partial charge on any atom is -0.462 e. The van der Waals surface area contributed by atoms with Gasteiger partial charge >= 0.3 is 5.97 Å². The standard InChI is InChI=1S/C15H20O2/c1-3-5-6-7-10-13-11-8-9-12-14(13)15(16)17-4-2/h7-12H,3-6H2,1-2H3/b10-7+. The average molecular weight is 232 g/mol. The van der Waals surface area contributed by atoms with Crippen LogP contribution in [0.3, 0.4) is 0 Å². The van der Waals surface area contributed by atoms with Crippen molar-refractivity contribution in [3.8, 4) is 0 Å². The van der Waals surface area contributed by atoms with E-state index in [1.165, 1.54) is 12.8 Å². The van der Waals surface area contributed by atoms with Gasteiger partial charge in [0.2, 0.25) is 0 Å². The molecule has 0 saturated carbocycles. The maximum atomic E-state index is 11.7. The summed E-state index contributed by atoms with van der Waals surface area (Å²) in [7, 11) is 0. The number of rotatable bonds is 6. The first-order valence-corrected chi connectivity index (χ1v) is 6.22.